The third-order valence-corrected chi connectivity index (χ3v) is 5.26. The molecule has 0 heterocycles. The molecule has 0 fully saturated rings. The van der Waals surface area contributed by atoms with Crippen molar-refractivity contribution < 1.29 is 19.7 Å². The number of hydrogen-bond acceptors (Lipinski definition) is 3. The second-order valence-electron chi connectivity index (χ2n) is 6.54. The zero-order valence-electron chi connectivity index (χ0n) is 15.5. The first kappa shape index (κ1) is 21.2. The summed E-state index contributed by atoms with van der Waals surface area (Å²) >= 11 is 12.9. The smallest absolute Gasteiger partial charge is 0.303 e. The number of ether oxygens (including phenoxy) is 1. The standard InChI is InChI=1S/C23H20Cl2O4/c24-20-8-3-1-6-18(20)23(28,19-7-2-4-9-21(19)25)16-11-13-17(14-12-16)29-15-5-10-22(26)27/h1-4,6-9,11-14,28H,5,10,15H2,(H,26,27). The predicted molar refractivity (Wildman–Crippen MR) is 114 cm³/mol. The number of carboxylic acid groups (broad SMARTS) is 1. The predicted octanol–water partition coefficient (Wildman–Crippen LogP) is 5.52. The minimum atomic E-state index is -1.56. The van der Waals surface area contributed by atoms with Gasteiger partial charge in [-0.2, -0.15) is 0 Å². The first-order valence-electron chi connectivity index (χ1n) is 9.10. The van der Waals surface area contributed by atoms with Crippen LogP contribution >= 0.6 is 23.2 Å². The molecule has 3 rings (SSSR count). The van der Waals surface area contributed by atoms with Gasteiger partial charge in [0.15, 0.2) is 0 Å². The molecule has 0 unspecified atom stereocenters. The second-order valence-corrected chi connectivity index (χ2v) is 7.35. The van der Waals surface area contributed by atoms with Crippen molar-refractivity contribution in [1.29, 1.82) is 0 Å². The molecular weight excluding hydrogens is 411 g/mol. The molecular formula is C23H20Cl2O4. The summed E-state index contributed by atoms with van der Waals surface area (Å²) in [5.74, 6) is -0.270. The van der Waals surface area contributed by atoms with Crippen molar-refractivity contribution in [3.05, 3.63) is 99.5 Å². The maximum atomic E-state index is 11.9. The van der Waals surface area contributed by atoms with Gasteiger partial charge in [0.2, 0.25) is 0 Å². The molecule has 3 aromatic carbocycles. The van der Waals surface area contributed by atoms with Crippen molar-refractivity contribution in [3.8, 4) is 5.75 Å². The van der Waals surface area contributed by atoms with Crippen molar-refractivity contribution in [3.63, 3.8) is 0 Å². The molecule has 2 N–H and O–H groups in total. The van der Waals surface area contributed by atoms with Crippen molar-refractivity contribution in [2.75, 3.05) is 6.61 Å². The van der Waals surface area contributed by atoms with E-state index in [-0.39, 0.29) is 6.42 Å². The molecule has 0 bridgehead atoms. The Hall–Kier alpha value is -2.53. The minimum absolute atomic E-state index is 0.0524. The van der Waals surface area contributed by atoms with Crippen LogP contribution in [0.5, 0.6) is 5.75 Å². The number of carbonyl (C=O) groups is 1. The van der Waals surface area contributed by atoms with Gasteiger partial charge in [-0.3, -0.25) is 4.79 Å². The fraction of sp³-hybridized carbons (Fsp3) is 0.174. The van der Waals surface area contributed by atoms with Crippen LogP contribution in [0.1, 0.15) is 29.5 Å². The lowest BCUT2D eigenvalue weighted by Gasteiger charge is -2.31. The molecule has 0 amide bonds. The Bertz CT molecular complexity index is 941. The Balaban J connectivity index is 1.97. The van der Waals surface area contributed by atoms with Crippen LogP contribution in [0.3, 0.4) is 0 Å². The Labute approximate surface area is 179 Å². The van der Waals surface area contributed by atoms with Gasteiger partial charge in [0.05, 0.1) is 6.61 Å². The zero-order chi connectivity index (χ0) is 20.9. The van der Waals surface area contributed by atoms with Gasteiger partial charge in [0.25, 0.3) is 0 Å². The third kappa shape index (κ3) is 4.73. The number of benzene rings is 3. The van der Waals surface area contributed by atoms with Gasteiger partial charge in [-0.05, 0) is 36.2 Å². The fourth-order valence-corrected chi connectivity index (χ4v) is 3.72. The topological polar surface area (TPSA) is 66.8 Å². The highest BCUT2D eigenvalue weighted by Gasteiger charge is 2.37. The molecule has 3 aromatic rings. The van der Waals surface area contributed by atoms with Crippen LogP contribution in [-0.4, -0.2) is 22.8 Å². The summed E-state index contributed by atoms with van der Waals surface area (Å²) in [6, 6.07) is 21.1. The molecule has 0 saturated heterocycles. The minimum Gasteiger partial charge on any atom is -0.494 e. The average molecular weight is 431 g/mol. The molecule has 0 radical (unpaired) electrons. The van der Waals surface area contributed by atoms with Crippen molar-refractivity contribution in [2.45, 2.75) is 18.4 Å². The molecule has 0 aromatic heterocycles. The molecule has 6 heteroatoms. The molecule has 0 aliphatic rings. The monoisotopic (exact) mass is 430 g/mol. The summed E-state index contributed by atoms with van der Waals surface area (Å²) in [7, 11) is 0. The summed E-state index contributed by atoms with van der Waals surface area (Å²) in [5, 5.41) is 21.4. The van der Waals surface area contributed by atoms with Gasteiger partial charge in [-0.15, -0.1) is 0 Å². The molecule has 0 atom stereocenters. The van der Waals surface area contributed by atoms with E-state index in [1.54, 1.807) is 60.7 Å². The molecule has 4 nitrogen and oxygen atoms in total. The maximum absolute atomic E-state index is 11.9. The van der Waals surface area contributed by atoms with E-state index in [1.165, 1.54) is 0 Å². The maximum Gasteiger partial charge on any atom is 0.303 e. The number of rotatable bonds is 8. The number of carboxylic acids is 1. The van der Waals surface area contributed by atoms with Crippen LogP contribution in [0.25, 0.3) is 0 Å². The van der Waals surface area contributed by atoms with Crippen LogP contribution < -0.4 is 4.74 Å². The van der Waals surface area contributed by atoms with E-state index in [1.807, 2.05) is 12.1 Å². The van der Waals surface area contributed by atoms with Crippen LogP contribution in [0.4, 0.5) is 0 Å². The van der Waals surface area contributed by atoms with E-state index in [0.717, 1.165) is 0 Å². The van der Waals surface area contributed by atoms with Gasteiger partial charge < -0.3 is 14.9 Å². The quantitative estimate of drug-likeness (QED) is 0.364. The van der Waals surface area contributed by atoms with E-state index in [9.17, 15) is 9.90 Å². The van der Waals surface area contributed by atoms with Gasteiger partial charge in [0, 0.05) is 27.6 Å². The molecule has 0 aliphatic carbocycles. The molecule has 0 saturated carbocycles. The Morgan fingerprint density at radius 3 is 1.86 bits per heavy atom. The molecule has 150 valence electrons. The number of aliphatic hydroxyl groups is 1. The van der Waals surface area contributed by atoms with Gasteiger partial charge in [-0.25, -0.2) is 0 Å². The lowest BCUT2D eigenvalue weighted by Crippen LogP contribution is -2.29. The van der Waals surface area contributed by atoms with Crippen LogP contribution in [0, 0.1) is 0 Å². The molecule has 29 heavy (non-hydrogen) atoms. The largest absolute Gasteiger partial charge is 0.494 e. The lowest BCUT2D eigenvalue weighted by molar-refractivity contribution is -0.137. The SMILES string of the molecule is O=C(O)CCCOc1ccc(C(O)(c2ccccc2Cl)c2ccccc2Cl)cc1. The van der Waals surface area contributed by atoms with E-state index in [4.69, 9.17) is 33.0 Å². The summed E-state index contributed by atoms with van der Waals surface area (Å²) in [6.07, 6.45) is 0.469. The highest BCUT2D eigenvalue weighted by atomic mass is 35.5. The van der Waals surface area contributed by atoms with Gasteiger partial charge in [-0.1, -0.05) is 71.7 Å². The first-order chi connectivity index (χ1) is 13.9. The molecule has 0 aliphatic heterocycles. The highest BCUT2D eigenvalue weighted by Crippen LogP contribution is 2.42. The average Bonchev–Trinajstić information content (AvgIpc) is 2.72. The second kappa shape index (κ2) is 9.31. The molecule has 0 spiro atoms. The summed E-state index contributed by atoms with van der Waals surface area (Å²) in [6.45, 7) is 0.297. The fourth-order valence-electron chi connectivity index (χ4n) is 3.17. The Morgan fingerprint density at radius 2 is 1.38 bits per heavy atom. The third-order valence-electron chi connectivity index (χ3n) is 4.60. The van der Waals surface area contributed by atoms with Crippen molar-refractivity contribution in [2.24, 2.45) is 0 Å². The van der Waals surface area contributed by atoms with Crippen LogP contribution in [-0.2, 0) is 10.4 Å². The first-order valence-corrected chi connectivity index (χ1v) is 9.86. The summed E-state index contributed by atoms with van der Waals surface area (Å²) in [4.78, 5) is 10.6. The van der Waals surface area contributed by atoms with Crippen molar-refractivity contribution >= 4 is 29.2 Å². The van der Waals surface area contributed by atoms with Crippen LogP contribution in [0.15, 0.2) is 72.8 Å². The Kier molecular flexibility index (Phi) is 6.80. The summed E-state index contributed by atoms with van der Waals surface area (Å²) in [5.41, 5.74) is 0.0600. The van der Waals surface area contributed by atoms with Gasteiger partial charge >= 0.3 is 5.97 Å². The number of aliphatic carboxylic acids is 1. The van der Waals surface area contributed by atoms with Crippen LogP contribution in [0.2, 0.25) is 10.0 Å². The normalized spacial score (nSPS) is 11.3. The number of hydrogen-bond donors (Lipinski definition) is 2. The summed E-state index contributed by atoms with van der Waals surface area (Å²) < 4.78 is 5.59. The number of halogens is 2. The van der Waals surface area contributed by atoms with Crippen molar-refractivity contribution in [1.82, 2.24) is 0 Å². The van der Waals surface area contributed by atoms with E-state index in [0.29, 0.717) is 45.5 Å². The lowest BCUT2D eigenvalue weighted by atomic mass is 9.80. The van der Waals surface area contributed by atoms with E-state index >= 15 is 0 Å². The zero-order valence-corrected chi connectivity index (χ0v) is 17.0. The Morgan fingerprint density at radius 1 is 0.862 bits per heavy atom. The van der Waals surface area contributed by atoms with E-state index < -0.39 is 11.6 Å². The highest BCUT2D eigenvalue weighted by molar-refractivity contribution is 6.32. The van der Waals surface area contributed by atoms with E-state index in [2.05, 4.69) is 0 Å². The van der Waals surface area contributed by atoms with Gasteiger partial charge in [0.1, 0.15) is 11.4 Å².